The molecular weight excluding hydrogens is 444 g/mol. The van der Waals surface area contributed by atoms with Crippen molar-refractivity contribution in [2.75, 3.05) is 0 Å². The number of rotatable bonds is 6. The standard InChI is InChI=1S/C25H40O9/c1-13(26)32-22-7-4-16(10-19(22)29)25(17-5-8-23(20(30)11-17)33-14(2)27)18-6-9-24(21(31)12-18)34-15(3)28/h16-25,29-31H,4-12H2,1-3H3. The maximum absolute atomic E-state index is 11.4. The summed E-state index contributed by atoms with van der Waals surface area (Å²) in [5, 5.41) is 32.2. The Labute approximate surface area is 201 Å². The van der Waals surface area contributed by atoms with Crippen LogP contribution in [0, 0.1) is 23.7 Å². The van der Waals surface area contributed by atoms with E-state index in [0.717, 1.165) is 19.3 Å². The van der Waals surface area contributed by atoms with Crippen LogP contribution in [0.2, 0.25) is 0 Å². The van der Waals surface area contributed by atoms with Crippen LogP contribution in [0.3, 0.4) is 0 Å². The molecule has 194 valence electrons. The van der Waals surface area contributed by atoms with Gasteiger partial charge in [0.25, 0.3) is 0 Å². The molecule has 9 heteroatoms. The zero-order valence-electron chi connectivity index (χ0n) is 20.4. The molecule has 0 aromatic rings. The molecule has 0 amide bonds. The van der Waals surface area contributed by atoms with Crippen molar-refractivity contribution < 1.29 is 43.9 Å². The van der Waals surface area contributed by atoms with E-state index in [1.165, 1.54) is 20.8 Å². The van der Waals surface area contributed by atoms with Crippen LogP contribution in [-0.4, -0.2) is 69.9 Å². The molecule has 0 heterocycles. The Morgan fingerprint density at radius 3 is 1.03 bits per heavy atom. The lowest BCUT2D eigenvalue weighted by atomic mass is 9.60. The lowest BCUT2D eigenvalue weighted by Crippen LogP contribution is -2.48. The van der Waals surface area contributed by atoms with Crippen LogP contribution in [-0.2, 0) is 28.6 Å². The van der Waals surface area contributed by atoms with Gasteiger partial charge in [0, 0.05) is 20.8 Å². The number of aliphatic hydroxyl groups is 3. The molecule has 3 N–H and O–H groups in total. The fraction of sp³-hybridized carbons (Fsp3) is 0.880. The smallest absolute Gasteiger partial charge is 0.302 e. The highest BCUT2D eigenvalue weighted by atomic mass is 16.6. The number of esters is 3. The lowest BCUT2D eigenvalue weighted by Gasteiger charge is -2.48. The zero-order valence-corrected chi connectivity index (χ0v) is 20.4. The quantitative estimate of drug-likeness (QED) is 0.381. The molecule has 9 atom stereocenters. The Hall–Kier alpha value is -1.71. The molecule has 34 heavy (non-hydrogen) atoms. The molecule has 0 aromatic carbocycles. The molecule has 0 spiro atoms. The zero-order chi connectivity index (χ0) is 25.0. The van der Waals surface area contributed by atoms with Crippen LogP contribution in [0.5, 0.6) is 0 Å². The Kier molecular flexibility index (Phi) is 9.34. The van der Waals surface area contributed by atoms with Gasteiger partial charge in [0.2, 0.25) is 0 Å². The summed E-state index contributed by atoms with van der Waals surface area (Å²) in [6.07, 6.45) is 1.71. The van der Waals surface area contributed by atoms with Crippen LogP contribution in [0.1, 0.15) is 78.6 Å². The van der Waals surface area contributed by atoms with Gasteiger partial charge < -0.3 is 29.5 Å². The fourth-order valence-electron chi connectivity index (χ4n) is 6.71. The predicted molar refractivity (Wildman–Crippen MR) is 120 cm³/mol. The third-order valence-electron chi connectivity index (χ3n) is 7.97. The average Bonchev–Trinajstić information content (AvgIpc) is 2.73. The third-order valence-corrected chi connectivity index (χ3v) is 7.97. The van der Waals surface area contributed by atoms with Gasteiger partial charge in [-0.25, -0.2) is 0 Å². The molecule has 3 fully saturated rings. The van der Waals surface area contributed by atoms with Crippen molar-refractivity contribution in [3.8, 4) is 0 Å². The number of carbonyl (C=O) groups is 3. The lowest BCUT2D eigenvalue weighted by molar-refractivity contribution is -0.162. The van der Waals surface area contributed by atoms with E-state index in [1.54, 1.807) is 0 Å². The molecule has 0 saturated heterocycles. The van der Waals surface area contributed by atoms with Crippen molar-refractivity contribution in [3.63, 3.8) is 0 Å². The summed E-state index contributed by atoms with van der Waals surface area (Å²) in [6.45, 7) is 4.02. The maximum Gasteiger partial charge on any atom is 0.302 e. The molecule has 0 bridgehead atoms. The molecule has 3 saturated carbocycles. The molecule has 3 aliphatic carbocycles. The second-order valence-corrected chi connectivity index (χ2v) is 10.4. The van der Waals surface area contributed by atoms with E-state index in [0.29, 0.717) is 38.5 Å². The summed E-state index contributed by atoms with van der Waals surface area (Å²) in [6, 6.07) is 0. The van der Waals surface area contributed by atoms with Gasteiger partial charge in [0.05, 0.1) is 18.3 Å². The number of hydrogen-bond donors (Lipinski definition) is 3. The number of carbonyl (C=O) groups excluding carboxylic acids is 3. The van der Waals surface area contributed by atoms with Gasteiger partial charge in [0.15, 0.2) is 0 Å². The summed E-state index contributed by atoms with van der Waals surface area (Å²) in [5.74, 6) is -0.646. The minimum Gasteiger partial charge on any atom is -0.460 e. The van der Waals surface area contributed by atoms with E-state index in [2.05, 4.69) is 0 Å². The minimum absolute atomic E-state index is 0.133. The van der Waals surface area contributed by atoms with Crippen LogP contribution in [0.4, 0.5) is 0 Å². The summed E-state index contributed by atoms with van der Waals surface area (Å²) >= 11 is 0. The van der Waals surface area contributed by atoms with Crippen LogP contribution in [0.25, 0.3) is 0 Å². The van der Waals surface area contributed by atoms with Gasteiger partial charge >= 0.3 is 17.9 Å². The molecule has 0 aliphatic heterocycles. The van der Waals surface area contributed by atoms with E-state index in [-0.39, 0.29) is 23.7 Å². The SMILES string of the molecule is CC(=O)OC1CCC(C(C2CCC(OC(C)=O)C(O)C2)C2CCC(OC(C)=O)C(O)C2)CC1O. The second-order valence-electron chi connectivity index (χ2n) is 10.4. The second kappa shape index (κ2) is 11.8. The summed E-state index contributed by atoms with van der Waals surface area (Å²) in [7, 11) is 0. The van der Waals surface area contributed by atoms with E-state index in [9.17, 15) is 29.7 Å². The van der Waals surface area contributed by atoms with E-state index in [1.807, 2.05) is 0 Å². The number of aliphatic hydroxyl groups excluding tert-OH is 3. The predicted octanol–water partition coefficient (Wildman–Crippen LogP) is 1.88. The van der Waals surface area contributed by atoms with Gasteiger partial charge in [0.1, 0.15) is 18.3 Å². The Bertz CT molecular complexity index is 630. The Balaban J connectivity index is 1.74. The summed E-state index contributed by atoms with van der Waals surface area (Å²) < 4.78 is 15.9. The Morgan fingerprint density at radius 1 is 0.559 bits per heavy atom. The molecular formula is C25H40O9. The Morgan fingerprint density at radius 2 is 0.824 bits per heavy atom. The van der Waals surface area contributed by atoms with Crippen LogP contribution >= 0.6 is 0 Å². The van der Waals surface area contributed by atoms with Gasteiger partial charge in [-0.15, -0.1) is 0 Å². The first-order chi connectivity index (χ1) is 16.0. The highest BCUT2D eigenvalue weighted by Gasteiger charge is 2.46. The average molecular weight is 485 g/mol. The fourth-order valence-corrected chi connectivity index (χ4v) is 6.71. The normalized spacial score (nSPS) is 39.5. The molecule has 0 radical (unpaired) electrons. The highest BCUT2D eigenvalue weighted by Crippen LogP contribution is 2.48. The van der Waals surface area contributed by atoms with Crippen molar-refractivity contribution >= 4 is 17.9 Å². The van der Waals surface area contributed by atoms with Crippen molar-refractivity contribution in [3.05, 3.63) is 0 Å². The van der Waals surface area contributed by atoms with Gasteiger partial charge in [-0.05, 0) is 81.5 Å². The van der Waals surface area contributed by atoms with E-state index < -0.39 is 54.5 Å². The summed E-state index contributed by atoms with van der Waals surface area (Å²) in [4.78, 5) is 34.2. The molecule has 3 rings (SSSR count). The number of ether oxygens (including phenoxy) is 3. The van der Waals surface area contributed by atoms with Crippen molar-refractivity contribution in [2.24, 2.45) is 23.7 Å². The first-order valence-corrected chi connectivity index (χ1v) is 12.6. The maximum atomic E-state index is 11.4. The first kappa shape index (κ1) is 26.9. The van der Waals surface area contributed by atoms with Crippen LogP contribution in [0.15, 0.2) is 0 Å². The summed E-state index contributed by atoms with van der Waals surface area (Å²) in [5.41, 5.74) is 0. The molecule has 0 aromatic heterocycles. The number of hydrogen-bond acceptors (Lipinski definition) is 9. The first-order valence-electron chi connectivity index (χ1n) is 12.6. The van der Waals surface area contributed by atoms with Crippen molar-refractivity contribution in [1.29, 1.82) is 0 Å². The molecule has 9 unspecified atom stereocenters. The van der Waals surface area contributed by atoms with Gasteiger partial charge in [-0.3, -0.25) is 14.4 Å². The monoisotopic (exact) mass is 484 g/mol. The van der Waals surface area contributed by atoms with Crippen molar-refractivity contribution in [2.45, 2.75) is 115 Å². The topological polar surface area (TPSA) is 140 Å². The minimum atomic E-state index is -0.755. The largest absolute Gasteiger partial charge is 0.460 e. The highest BCUT2D eigenvalue weighted by molar-refractivity contribution is 5.66. The van der Waals surface area contributed by atoms with E-state index >= 15 is 0 Å². The van der Waals surface area contributed by atoms with E-state index in [4.69, 9.17) is 14.2 Å². The molecule has 3 aliphatic rings. The van der Waals surface area contributed by atoms with Gasteiger partial charge in [-0.2, -0.15) is 0 Å². The van der Waals surface area contributed by atoms with Gasteiger partial charge in [-0.1, -0.05) is 0 Å². The van der Waals surface area contributed by atoms with Crippen LogP contribution < -0.4 is 0 Å². The van der Waals surface area contributed by atoms with Crippen molar-refractivity contribution in [1.82, 2.24) is 0 Å². The molecule has 9 nitrogen and oxygen atoms in total. The third kappa shape index (κ3) is 6.92.